The van der Waals surface area contributed by atoms with Gasteiger partial charge in [0.05, 0.1) is 18.9 Å². The van der Waals surface area contributed by atoms with Crippen LogP contribution in [0.1, 0.15) is 21.7 Å². The van der Waals surface area contributed by atoms with Crippen LogP contribution < -0.4 is 0 Å². The molecule has 1 heterocycles. The van der Waals surface area contributed by atoms with Crippen LogP contribution in [0.2, 0.25) is 0 Å². The Kier molecular flexibility index (Phi) is 5.46. The largest absolute Gasteiger partial charge is 0.395 e. The van der Waals surface area contributed by atoms with Gasteiger partial charge < -0.3 is 15.1 Å². The first kappa shape index (κ1) is 17.1. The molecule has 2 rings (SSSR count). The van der Waals surface area contributed by atoms with Crippen molar-refractivity contribution in [1.29, 1.82) is 0 Å². The Balaban J connectivity index is 2.31. The third kappa shape index (κ3) is 3.75. The van der Waals surface area contributed by atoms with Crippen LogP contribution in [-0.2, 0) is 0 Å². The number of carbonyl (C=O) groups excluding carboxylic acids is 1. The predicted octanol–water partition coefficient (Wildman–Crippen LogP) is 1.06. The first-order valence-corrected chi connectivity index (χ1v) is 7.32. The van der Waals surface area contributed by atoms with Crippen LogP contribution in [0.15, 0.2) is 24.3 Å². The van der Waals surface area contributed by atoms with Gasteiger partial charge in [-0.2, -0.15) is 5.10 Å². The maximum atomic E-state index is 14.4. The minimum Gasteiger partial charge on any atom is -0.395 e. The maximum Gasteiger partial charge on any atom is 0.254 e. The van der Waals surface area contributed by atoms with E-state index in [1.54, 1.807) is 0 Å². The molecule has 0 aliphatic carbocycles. The van der Waals surface area contributed by atoms with Crippen molar-refractivity contribution in [3.05, 3.63) is 47.0 Å². The fourth-order valence-electron chi connectivity index (χ4n) is 2.42. The third-order valence-electron chi connectivity index (χ3n) is 3.46. The molecule has 2 N–H and O–H groups in total. The van der Waals surface area contributed by atoms with Gasteiger partial charge in [-0.1, -0.05) is 0 Å². The molecule has 0 saturated heterocycles. The predicted molar refractivity (Wildman–Crippen MR) is 83.1 cm³/mol. The highest BCUT2D eigenvalue weighted by atomic mass is 19.1. The molecule has 124 valence electrons. The zero-order chi connectivity index (χ0) is 17.0. The van der Waals surface area contributed by atoms with Crippen molar-refractivity contribution < 1.29 is 19.4 Å². The van der Waals surface area contributed by atoms with Gasteiger partial charge in [0.2, 0.25) is 0 Å². The van der Waals surface area contributed by atoms with Crippen LogP contribution in [0.4, 0.5) is 4.39 Å². The van der Waals surface area contributed by atoms with Crippen LogP contribution >= 0.6 is 0 Å². The summed E-state index contributed by atoms with van der Waals surface area (Å²) >= 11 is 0. The van der Waals surface area contributed by atoms with Crippen LogP contribution in [0.3, 0.4) is 0 Å². The smallest absolute Gasteiger partial charge is 0.254 e. The number of nitrogens with zero attached hydrogens (tertiary/aromatic N) is 3. The van der Waals surface area contributed by atoms with E-state index in [0.29, 0.717) is 0 Å². The standard InChI is InChI=1S/C16H20FN3O3/c1-11-9-12(2)20(18-11)15-4-3-13(10-14(15)17)16(23)19(5-7-21)6-8-22/h3-4,9-10,21-22H,5-8H2,1-2H3. The second kappa shape index (κ2) is 7.34. The van der Waals surface area contributed by atoms with Gasteiger partial charge in [-0.15, -0.1) is 0 Å². The van der Waals surface area contributed by atoms with Gasteiger partial charge in [0.25, 0.3) is 5.91 Å². The summed E-state index contributed by atoms with van der Waals surface area (Å²) in [7, 11) is 0. The highest BCUT2D eigenvalue weighted by Crippen LogP contribution is 2.18. The Morgan fingerprint density at radius 3 is 2.35 bits per heavy atom. The molecular formula is C16H20FN3O3. The van der Waals surface area contributed by atoms with Crippen molar-refractivity contribution in [2.75, 3.05) is 26.3 Å². The first-order valence-electron chi connectivity index (χ1n) is 7.32. The summed E-state index contributed by atoms with van der Waals surface area (Å²) in [6, 6.07) is 6.00. The first-order chi connectivity index (χ1) is 11.0. The van der Waals surface area contributed by atoms with Crippen molar-refractivity contribution in [1.82, 2.24) is 14.7 Å². The van der Waals surface area contributed by atoms with Gasteiger partial charge in [-0.25, -0.2) is 9.07 Å². The van der Waals surface area contributed by atoms with E-state index in [4.69, 9.17) is 10.2 Å². The number of aromatic nitrogens is 2. The zero-order valence-electron chi connectivity index (χ0n) is 13.2. The lowest BCUT2D eigenvalue weighted by molar-refractivity contribution is 0.0684. The van der Waals surface area contributed by atoms with E-state index in [1.165, 1.54) is 21.7 Å². The third-order valence-corrected chi connectivity index (χ3v) is 3.46. The second-order valence-electron chi connectivity index (χ2n) is 5.24. The molecule has 2 aromatic rings. The van der Waals surface area contributed by atoms with E-state index in [1.807, 2.05) is 19.9 Å². The lowest BCUT2D eigenvalue weighted by Gasteiger charge is -2.21. The molecule has 6 nitrogen and oxygen atoms in total. The van der Waals surface area contributed by atoms with E-state index in [9.17, 15) is 9.18 Å². The number of aryl methyl sites for hydroxylation is 2. The number of hydrogen-bond acceptors (Lipinski definition) is 4. The number of carbonyl (C=O) groups is 1. The molecular weight excluding hydrogens is 301 g/mol. The summed E-state index contributed by atoms with van der Waals surface area (Å²) < 4.78 is 15.9. The van der Waals surface area contributed by atoms with Crippen molar-refractivity contribution in [3.8, 4) is 5.69 Å². The summed E-state index contributed by atoms with van der Waals surface area (Å²) in [5, 5.41) is 22.2. The fraction of sp³-hybridized carbons (Fsp3) is 0.375. The molecule has 0 bridgehead atoms. The van der Waals surface area contributed by atoms with E-state index in [-0.39, 0.29) is 37.6 Å². The van der Waals surface area contributed by atoms with E-state index >= 15 is 0 Å². The van der Waals surface area contributed by atoms with Gasteiger partial charge in [0.15, 0.2) is 0 Å². The fourth-order valence-corrected chi connectivity index (χ4v) is 2.42. The second-order valence-corrected chi connectivity index (χ2v) is 5.24. The maximum absolute atomic E-state index is 14.4. The van der Waals surface area contributed by atoms with Crippen molar-refractivity contribution >= 4 is 5.91 Å². The molecule has 0 fully saturated rings. The number of aliphatic hydroxyl groups excluding tert-OH is 2. The van der Waals surface area contributed by atoms with Gasteiger partial charge >= 0.3 is 0 Å². The van der Waals surface area contributed by atoms with E-state index in [0.717, 1.165) is 17.5 Å². The van der Waals surface area contributed by atoms with Crippen molar-refractivity contribution in [2.45, 2.75) is 13.8 Å². The molecule has 23 heavy (non-hydrogen) atoms. The topological polar surface area (TPSA) is 78.6 Å². The number of rotatable bonds is 6. The Morgan fingerprint density at radius 1 is 1.22 bits per heavy atom. The number of hydrogen-bond donors (Lipinski definition) is 2. The molecule has 0 spiro atoms. The Labute approximate surface area is 133 Å². The summed E-state index contributed by atoms with van der Waals surface area (Å²) in [4.78, 5) is 13.6. The average Bonchev–Trinajstić information content (AvgIpc) is 2.84. The molecule has 0 unspecified atom stereocenters. The molecule has 0 saturated carbocycles. The number of benzene rings is 1. The molecule has 1 amide bonds. The van der Waals surface area contributed by atoms with Crippen LogP contribution in [0.25, 0.3) is 5.69 Å². The highest BCUT2D eigenvalue weighted by molar-refractivity contribution is 5.94. The minimum absolute atomic E-state index is 0.0836. The molecule has 0 aliphatic heterocycles. The number of halogens is 1. The minimum atomic E-state index is -0.560. The quantitative estimate of drug-likeness (QED) is 0.834. The molecule has 7 heteroatoms. The van der Waals surface area contributed by atoms with Crippen molar-refractivity contribution in [2.24, 2.45) is 0 Å². The van der Waals surface area contributed by atoms with Gasteiger partial charge in [-0.05, 0) is 38.1 Å². The Morgan fingerprint density at radius 2 is 1.87 bits per heavy atom. The number of amides is 1. The van der Waals surface area contributed by atoms with E-state index < -0.39 is 11.7 Å². The Bertz CT molecular complexity index is 694. The summed E-state index contributed by atoms with van der Waals surface area (Å²) in [6.07, 6.45) is 0. The van der Waals surface area contributed by atoms with E-state index in [2.05, 4.69) is 5.10 Å². The van der Waals surface area contributed by atoms with Gasteiger partial charge in [-0.3, -0.25) is 4.79 Å². The summed E-state index contributed by atoms with van der Waals surface area (Å²) in [6.45, 7) is 3.36. The van der Waals surface area contributed by atoms with Crippen LogP contribution in [0, 0.1) is 19.7 Å². The van der Waals surface area contributed by atoms with Crippen LogP contribution in [0.5, 0.6) is 0 Å². The van der Waals surface area contributed by atoms with Crippen molar-refractivity contribution in [3.63, 3.8) is 0 Å². The highest BCUT2D eigenvalue weighted by Gasteiger charge is 2.17. The molecule has 1 aromatic heterocycles. The summed E-state index contributed by atoms with van der Waals surface area (Å²) in [5.74, 6) is -0.998. The monoisotopic (exact) mass is 321 g/mol. The molecule has 0 radical (unpaired) electrons. The lowest BCUT2D eigenvalue weighted by Crippen LogP contribution is -2.35. The molecule has 0 atom stereocenters. The number of aliphatic hydroxyl groups is 2. The molecule has 1 aromatic carbocycles. The SMILES string of the molecule is Cc1cc(C)n(-c2ccc(C(=O)N(CCO)CCO)cc2F)n1. The lowest BCUT2D eigenvalue weighted by atomic mass is 10.1. The zero-order valence-corrected chi connectivity index (χ0v) is 13.2. The normalized spacial score (nSPS) is 10.8. The van der Waals surface area contributed by atoms with Crippen LogP contribution in [-0.4, -0.2) is 57.1 Å². The summed E-state index contributed by atoms with van der Waals surface area (Å²) in [5.41, 5.74) is 2.00. The Hall–Kier alpha value is -2.25. The van der Waals surface area contributed by atoms with Gasteiger partial charge in [0, 0.05) is 24.3 Å². The van der Waals surface area contributed by atoms with Gasteiger partial charge in [0.1, 0.15) is 11.5 Å². The average molecular weight is 321 g/mol. The molecule has 0 aliphatic rings.